The van der Waals surface area contributed by atoms with Crippen molar-refractivity contribution in [3.63, 3.8) is 0 Å². The lowest BCUT2D eigenvalue weighted by Crippen LogP contribution is -2.34. The summed E-state index contributed by atoms with van der Waals surface area (Å²) in [4.78, 5) is 15.2. The fourth-order valence-electron chi connectivity index (χ4n) is 3.38. The first-order valence-corrected chi connectivity index (χ1v) is 9.43. The molecular weight excluding hydrogens is 367 g/mol. The number of halogens is 1. The van der Waals surface area contributed by atoms with Gasteiger partial charge >= 0.3 is 0 Å². The van der Waals surface area contributed by atoms with Crippen LogP contribution in [0.25, 0.3) is 0 Å². The van der Waals surface area contributed by atoms with E-state index in [1.54, 1.807) is 13.2 Å². The summed E-state index contributed by atoms with van der Waals surface area (Å²) in [6, 6.07) is 21.1. The molecule has 0 aliphatic rings. The number of carbonyl (C=O) groups is 1. The Morgan fingerprint density at radius 1 is 1.07 bits per heavy atom. The number of ether oxygens (including phenoxy) is 1. The van der Waals surface area contributed by atoms with Gasteiger partial charge in [0.15, 0.2) is 0 Å². The van der Waals surface area contributed by atoms with Crippen LogP contribution in [0.15, 0.2) is 72.8 Å². The van der Waals surface area contributed by atoms with Gasteiger partial charge in [-0.2, -0.15) is 0 Å². The van der Waals surface area contributed by atoms with Gasteiger partial charge in [0.2, 0.25) is 5.91 Å². The van der Waals surface area contributed by atoms with Gasteiger partial charge in [0.1, 0.15) is 17.6 Å². The van der Waals surface area contributed by atoms with E-state index in [1.165, 1.54) is 12.1 Å². The van der Waals surface area contributed by atoms with Crippen LogP contribution in [0.2, 0.25) is 0 Å². The highest BCUT2D eigenvalue weighted by Crippen LogP contribution is 2.28. The number of anilines is 1. The van der Waals surface area contributed by atoms with E-state index in [1.807, 2.05) is 73.5 Å². The van der Waals surface area contributed by atoms with Crippen molar-refractivity contribution in [1.82, 2.24) is 4.90 Å². The van der Waals surface area contributed by atoms with Crippen LogP contribution in [0.3, 0.4) is 0 Å². The molecule has 0 aliphatic carbocycles. The number of benzene rings is 3. The predicted molar refractivity (Wildman–Crippen MR) is 113 cm³/mol. The largest absolute Gasteiger partial charge is 0.495 e. The predicted octanol–water partition coefficient (Wildman–Crippen LogP) is 4.95. The summed E-state index contributed by atoms with van der Waals surface area (Å²) in [5.41, 5.74) is 3.30. The van der Waals surface area contributed by atoms with E-state index >= 15 is 0 Å². The fraction of sp³-hybridized carbons (Fsp3) is 0.208. The summed E-state index contributed by atoms with van der Waals surface area (Å²) in [5.74, 6) is 0.128. The number of nitrogens with zero attached hydrogens (tertiary/aromatic N) is 1. The van der Waals surface area contributed by atoms with Gasteiger partial charge in [-0.1, -0.05) is 48.5 Å². The zero-order chi connectivity index (χ0) is 20.8. The zero-order valence-electron chi connectivity index (χ0n) is 16.9. The molecule has 29 heavy (non-hydrogen) atoms. The molecular formula is C24H25FN2O2. The smallest absolute Gasteiger partial charge is 0.246 e. The van der Waals surface area contributed by atoms with Gasteiger partial charge in [0, 0.05) is 6.54 Å². The molecule has 3 aromatic rings. The number of rotatable bonds is 7. The summed E-state index contributed by atoms with van der Waals surface area (Å²) in [5, 5.41) is 3.00. The van der Waals surface area contributed by atoms with Crippen molar-refractivity contribution in [3.05, 3.63) is 95.3 Å². The third kappa shape index (κ3) is 5.21. The monoisotopic (exact) mass is 392 g/mol. The number of nitrogens with one attached hydrogen (secondary N) is 1. The van der Waals surface area contributed by atoms with Crippen molar-refractivity contribution in [1.29, 1.82) is 0 Å². The van der Waals surface area contributed by atoms with E-state index in [9.17, 15) is 9.18 Å². The van der Waals surface area contributed by atoms with Crippen molar-refractivity contribution in [2.24, 2.45) is 0 Å². The first kappa shape index (κ1) is 20.6. The van der Waals surface area contributed by atoms with Crippen molar-refractivity contribution >= 4 is 11.6 Å². The number of amides is 1. The van der Waals surface area contributed by atoms with E-state index < -0.39 is 6.04 Å². The molecule has 4 nitrogen and oxygen atoms in total. The molecule has 3 aromatic carbocycles. The van der Waals surface area contributed by atoms with Crippen molar-refractivity contribution < 1.29 is 13.9 Å². The van der Waals surface area contributed by atoms with Crippen molar-refractivity contribution in [2.75, 3.05) is 19.5 Å². The number of hydrogen-bond donors (Lipinski definition) is 1. The Kier molecular flexibility index (Phi) is 6.62. The molecule has 0 spiro atoms. The average Bonchev–Trinajstić information content (AvgIpc) is 2.69. The highest BCUT2D eigenvalue weighted by atomic mass is 19.1. The standard InChI is InChI=1S/C24H25FN2O2/c1-17-12-13-22(29-3)21(14-17)26-24(28)23(19-9-5-4-6-10-19)27(2)16-18-8-7-11-20(25)15-18/h4-15,23H,16H2,1-3H3,(H,26,28)/t23-/m0/s1. The van der Waals surface area contributed by atoms with E-state index in [0.717, 1.165) is 16.7 Å². The minimum absolute atomic E-state index is 0.181. The molecule has 0 saturated heterocycles. The number of likely N-dealkylation sites (N-methyl/N-ethyl adjacent to an activating group) is 1. The normalized spacial score (nSPS) is 11.9. The third-order valence-corrected chi connectivity index (χ3v) is 4.74. The molecule has 0 aliphatic heterocycles. The summed E-state index contributed by atoms with van der Waals surface area (Å²) in [6.07, 6.45) is 0. The van der Waals surface area contributed by atoms with Crippen molar-refractivity contribution in [2.45, 2.75) is 19.5 Å². The molecule has 1 atom stereocenters. The second kappa shape index (κ2) is 9.34. The molecule has 0 bridgehead atoms. The Balaban J connectivity index is 1.89. The fourth-order valence-corrected chi connectivity index (χ4v) is 3.38. The topological polar surface area (TPSA) is 41.6 Å². The summed E-state index contributed by atoms with van der Waals surface area (Å²) < 4.78 is 19.0. The van der Waals surface area contributed by atoms with E-state index in [2.05, 4.69) is 5.32 Å². The van der Waals surface area contributed by atoms with Gasteiger partial charge in [0.25, 0.3) is 0 Å². The molecule has 1 N–H and O–H groups in total. The minimum atomic E-state index is -0.551. The highest BCUT2D eigenvalue weighted by molar-refractivity contribution is 5.96. The number of hydrogen-bond acceptors (Lipinski definition) is 3. The molecule has 0 heterocycles. The van der Waals surface area contributed by atoms with Crippen LogP contribution in [0, 0.1) is 12.7 Å². The van der Waals surface area contributed by atoms with Crippen LogP contribution in [-0.4, -0.2) is 25.0 Å². The lowest BCUT2D eigenvalue weighted by Gasteiger charge is -2.28. The quantitative estimate of drug-likeness (QED) is 0.618. The molecule has 0 aromatic heterocycles. The van der Waals surface area contributed by atoms with E-state index in [4.69, 9.17) is 4.74 Å². The first-order chi connectivity index (χ1) is 14.0. The van der Waals surface area contributed by atoms with Gasteiger partial charge in [0.05, 0.1) is 12.8 Å². The van der Waals surface area contributed by atoms with Gasteiger partial charge in [-0.25, -0.2) is 4.39 Å². The number of carbonyl (C=O) groups excluding carboxylic acids is 1. The Bertz CT molecular complexity index is 976. The molecule has 0 unspecified atom stereocenters. The number of aryl methyl sites for hydroxylation is 1. The molecule has 150 valence electrons. The zero-order valence-corrected chi connectivity index (χ0v) is 16.9. The maximum atomic E-state index is 13.6. The summed E-state index contributed by atoms with van der Waals surface area (Å²) in [6.45, 7) is 2.38. The molecule has 1 amide bonds. The van der Waals surface area contributed by atoms with Crippen LogP contribution >= 0.6 is 0 Å². The second-order valence-electron chi connectivity index (χ2n) is 7.05. The molecule has 0 radical (unpaired) electrons. The first-order valence-electron chi connectivity index (χ1n) is 9.43. The van der Waals surface area contributed by atoms with Gasteiger partial charge in [-0.15, -0.1) is 0 Å². The summed E-state index contributed by atoms with van der Waals surface area (Å²) >= 11 is 0. The van der Waals surface area contributed by atoms with Crippen molar-refractivity contribution in [3.8, 4) is 5.75 Å². The van der Waals surface area contributed by atoms with Crippen LogP contribution in [0.4, 0.5) is 10.1 Å². The maximum absolute atomic E-state index is 13.6. The Morgan fingerprint density at radius 2 is 1.83 bits per heavy atom. The lowest BCUT2D eigenvalue weighted by molar-refractivity contribution is -0.121. The second-order valence-corrected chi connectivity index (χ2v) is 7.05. The van der Waals surface area contributed by atoms with Crippen LogP contribution in [0.1, 0.15) is 22.7 Å². The van der Waals surface area contributed by atoms with Gasteiger partial charge in [-0.3, -0.25) is 9.69 Å². The summed E-state index contributed by atoms with van der Waals surface area (Å²) in [7, 11) is 3.43. The van der Waals surface area contributed by atoms with E-state index in [-0.39, 0.29) is 11.7 Å². The van der Waals surface area contributed by atoms with Crippen LogP contribution in [0.5, 0.6) is 5.75 Å². The number of methoxy groups -OCH3 is 1. The Hall–Kier alpha value is -3.18. The Morgan fingerprint density at radius 3 is 2.52 bits per heavy atom. The SMILES string of the molecule is COc1ccc(C)cc1NC(=O)[C@H](c1ccccc1)N(C)Cc1cccc(F)c1. The maximum Gasteiger partial charge on any atom is 0.246 e. The molecule has 3 rings (SSSR count). The van der Waals surface area contributed by atoms with Crippen LogP contribution in [-0.2, 0) is 11.3 Å². The van der Waals surface area contributed by atoms with Gasteiger partial charge < -0.3 is 10.1 Å². The lowest BCUT2D eigenvalue weighted by atomic mass is 10.0. The van der Waals surface area contributed by atoms with Gasteiger partial charge in [-0.05, 0) is 54.9 Å². The van der Waals surface area contributed by atoms with E-state index in [0.29, 0.717) is 18.0 Å². The molecule has 5 heteroatoms. The van der Waals surface area contributed by atoms with Crippen LogP contribution < -0.4 is 10.1 Å². The molecule has 0 fully saturated rings. The minimum Gasteiger partial charge on any atom is -0.495 e. The average molecular weight is 392 g/mol. The molecule has 0 saturated carbocycles. The third-order valence-electron chi connectivity index (χ3n) is 4.74. The highest BCUT2D eigenvalue weighted by Gasteiger charge is 2.26. The Labute approximate surface area is 170 Å².